The van der Waals surface area contributed by atoms with E-state index in [1.54, 1.807) is 36.4 Å². The Morgan fingerprint density at radius 2 is 1.59 bits per heavy atom. The van der Waals surface area contributed by atoms with Crippen molar-refractivity contribution in [3.8, 4) is 0 Å². The molecule has 1 saturated carbocycles. The van der Waals surface area contributed by atoms with Crippen LogP contribution >= 0.6 is 11.6 Å². The number of carbonyl (C=O) groups is 3. The molecule has 2 aliphatic rings. The van der Waals surface area contributed by atoms with E-state index in [0.717, 1.165) is 36.1 Å². The lowest BCUT2D eigenvalue weighted by Crippen LogP contribution is -2.32. The Morgan fingerprint density at radius 3 is 2.19 bits per heavy atom. The van der Waals surface area contributed by atoms with E-state index in [4.69, 9.17) is 11.6 Å². The van der Waals surface area contributed by atoms with E-state index in [2.05, 4.69) is 24.5 Å². The van der Waals surface area contributed by atoms with E-state index in [0.29, 0.717) is 22.9 Å². The highest BCUT2D eigenvalue weighted by Crippen LogP contribution is 2.31. The minimum atomic E-state index is -0.566. The molecule has 0 radical (unpaired) electrons. The highest BCUT2D eigenvalue weighted by Gasteiger charge is 2.39. The molecule has 2 aromatic rings. The first-order valence-electron chi connectivity index (χ1n) is 10.9. The van der Waals surface area contributed by atoms with E-state index in [9.17, 15) is 14.4 Å². The fourth-order valence-corrected chi connectivity index (χ4v) is 4.25. The number of amides is 3. The van der Waals surface area contributed by atoms with E-state index < -0.39 is 11.8 Å². The highest BCUT2D eigenvalue weighted by molar-refractivity contribution is 6.53. The molecule has 2 N–H and O–H groups in total. The predicted molar refractivity (Wildman–Crippen MR) is 126 cm³/mol. The maximum absolute atomic E-state index is 13.0. The molecule has 0 unspecified atom stereocenters. The van der Waals surface area contributed by atoms with Gasteiger partial charge in [0.15, 0.2) is 0 Å². The molecule has 6 nitrogen and oxygen atoms in total. The second-order valence-electron chi connectivity index (χ2n) is 8.54. The van der Waals surface area contributed by atoms with Crippen molar-refractivity contribution >= 4 is 40.7 Å². The summed E-state index contributed by atoms with van der Waals surface area (Å²) >= 11 is 6.22. The summed E-state index contributed by atoms with van der Waals surface area (Å²) in [6.45, 7) is 4.15. The number of anilines is 2. The maximum Gasteiger partial charge on any atom is 0.283 e. The van der Waals surface area contributed by atoms with Crippen molar-refractivity contribution in [2.24, 2.45) is 0 Å². The van der Waals surface area contributed by atoms with E-state index in [1.807, 2.05) is 12.1 Å². The minimum absolute atomic E-state index is 0.0211. The zero-order valence-corrected chi connectivity index (χ0v) is 18.9. The molecular weight excluding hydrogens is 426 g/mol. The number of benzene rings is 2. The van der Waals surface area contributed by atoms with Gasteiger partial charge < -0.3 is 10.6 Å². The normalized spacial score (nSPS) is 16.9. The topological polar surface area (TPSA) is 78.5 Å². The van der Waals surface area contributed by atoms with E-state index in [1.165, 1.54) is 0 Å². The van der Waals surface area contributed by atoms with Crippen molar-refractivity contribution in [3.05, 3.63) is 70.4 Å². The number of hydrogen-bond donors (Lipinski definition) is 2. The molecule has 1 fully saturated rings. The Hall–Kier alpha value is -3.12. The minimum Gasteiger partial charge on any atom is -0.350 e. The lowest BCUT2D eigenvalue weighted by molar-refractivity contribution is -0.120. The first-order valence-corrected chi connectivity index (χ1v) is 11.3. The van der Waals surface area contributed by atoms with Crippen LogP contribution in [0.1, 0.15) is 61.4 Å². The second-order valence-corrected chi connectivity index (χ2v) is 8.92. The number of rotatable bonds is 6. The average molecular weight is 452 g/mol. The molecular formula is C25H26ClN3O3. The molecule has 0 aromatic heterocycles. The molecule has 166 valence electrons. The lowest BCUT2D eigenvalue weighted by atomic mass is 10.0. The highest BCUT2D eigenvalue weighted by atomic mass is 35.5. The van der Waals surface area contributed by atoms with Gasteiger partial charge in [0, 0.05) is 17.3 Å². The van der Waals surface area contributed by atoms with Gasteiger partial charge in [-0.2, -0.15) is 0 Å². The summed E-state index contributed by atoms with van der Waals surface area (Å²) in [6.07, 6.45) is 4.33. The third-order valence-electron chi connectivity index (χ3n) is 5.95. The molecule has 0 atom stereocenters. The largest absolute Gasteiger partial charge is 0.350 e. The predicted octanol–water partition coefficient (Wildman–Crippen LogP) is 4.92. The fourth-order valence-electron chi connectivity index (χ4n) is 4.04. The van der Waals surface area contributed by atoms with Crippen molar-refractivity contribution in [2.75, 3.05) is 10.2 Å². The van der Waals surface area contributed by atoms with Gasteiger partial charge in [0.2, 0.25) is 0 Å². The molecule has 1 aliphatic carbocycles. The van der Waals surface area contributed by atoms with Crippen LogP contribution in [0.3, 0.4) is 0 Å². The molecule has 4 rings (SSSR count). The summed E-state index contributed by atoms with van der Waals surface area (Å²) in [4.78, 5) is 39.1. The maximum atomic E-state index is 13.0. The van der Waals surface area contributed by atoms with Crippen molar-refractivity contribution in [1.82, 2.24) is 5.32 Å². The summed E-state index contributed by atoms with van der Waals surface area (Å²) in [6, 6.07) is 14.3. The molecule has 7 heteroatoms. The van der Waals surface area contributed by atoms with Crippen LogP contribution in [-0.4, -0.2) is 23.8 Å². The number of nitrogens with zero attached hydrogens (tertiary/aromatic N) is 1. The molecule has 32 heavy (non-hydrogen) atoms. The van der Waals surface area contributed by atoms with Crippen LogP contribution < -0.4 is 15.5 Å². The lowest BCUT2D eigenvalue weighted by Gasteiger charge is -2.16. The van der Waals surface area contributed by atoms with Crippen molar-refractivity contribution in [1.29, 1.82) is 0 Å². The number of carbonyl (C=O) groups excluding carboxylic acids is 3. The quantitative estimate of drug-likeness (QED) is 0.611. The molecule has 1 heterocycles. The zero-order valence-electron chi connectivity index (χ0n) is 18.2. The van der Waals surface area contributed by atoms with Gasteiger partial charge in [-0.15, -0.1) is 0 Å². The monoisotopic (exact) mass is 451 g/mol. The van der Waals surface area contributed by atoms with E-state index >= 15 is 0 Å². The van der Waals surface area contributed by atoms with Gasteiger partial charge in [0.25, 0.3) is 17.7 Å². The first kappa shape index (κ1) is 22.1. The van der Waals surface area contributed by atoms with Crippen LogP contribution in [0.25, 0.3) is 0 Å². The Morgan fingerprint density at radius 1 is 0.969 bits per heavy atom. The van der Waals surface area contributed by atoms with Crippen LogP contribution in [0.5, 0.6) is 0 Å². The summed E-state index contributed by atoms with van der Waals surface area (Å²) in [5.41, 5.74) is 2.71. The Labute approximate surface area is 192 Å². The number of halogens is 1. The van der Waals surface area contributed by atoms with Gasteiger partial charge in [-0.25, -0.2) is 4.90 Å². The van der Waals surface area contributed by atoms with Crippen LogP contribution in [-0.2, 0) is 9.59 Å². The van der Waals surface area contributed by atoms with Gasteiger partial charge in [0.05, 0.1) is 5.69 Å². The van der Waals surface area contributed by atoms with Gasteiger partial charge in [-0.1, -0.05) is 50.4 Å². The molecule has 0 bridgehead atoms. The SMILES string of the molecule is CC(C)c1ccc(N2C(=O)C(Cl)=C(Nc3ccc(C(=O)NC4CCCC4)cc3)C2=O)cc1. The van der Waals surface area contributed by atoms with Crippen LogP contribution in [0.2, 0.25) is 0 Å². The second kappa shape index (κ2) is 9.17. The molecule has 3 amide bonds. The smallest absolute Gasteiger partial charge is 0.283 e. The van der Waals surface area contributed by atoms with Gasteiger partial charge >= 0.3 is 0 Å². The van der Waals surface area contributed by atoms with Gasteiger partial charge in [-0.05, 0) is 60.7 Å². The number of nitrogens with one attached hydrogen (secondary N) is 2. The summed E-state index contributed by atoms with van der Waals surface area (Å²) in [5, 5.41) is 5.83. The van der Waals surface area contributed by atoms with Crippen LogP contribution in [0.4, 0.5) is 11.4 Å². The standard InChI is InChI=1S/C25H26ClN3O3/c1-15(2)16-9-13-20(14-10-16)29-24(31)21(26)22(25(29)32)27-19-11-7-17(8-12-19)23(30)28-18-5-3-4-6-18/h7-15,18,27H,3-6H2,1-2H3,(H,28,30). The molecule has 1 aliphatic heterocycles. The third-order valence-corrected chi connectivity index (χ3v) is 6.30. The van der Waals surface area contributed by atoms with Crippen LogP contribution in [0, 0.1) is 0 Å². The van der Waals surface area contributed by atoms with Crippen molar-refractivity contribution in [2.45, 2.75) is 51.5 Å². The summed E-state index contributed by atoms with van der Waals surface area (Å²) in [7, 11) is 0. The van der Waals surface area contributed by atoms with Crippen LogP contribution in [0.15, 0.2) is 59.3 Å². The number of hydrogen-bond acceptors (Lipinski definition) is 4. The molecule has 0 spiro atoms. The molecule has 2 aromatic carbocycles. The Kier molecular flexibility index (Phi) is 6.33. The van der Waals surface area contributed by atoms with Crippen molar-refractivity contribution in [3.63, 3.8) is 0 Å². The summed E-state index contributed by atoms with van der Waals surface area (Å²) in [5.74, 6) is -0.843. The Bertz CT molecular complexity index is 1070. The molecule has 0 saturated heterocycles. The fraction of sp³-hybridized carbons (Fsp3) is 0.320. The first-order chi connectivity index (χ1) is 15.3. The Balaban J connectivity index is 1.46. The average Bonchev–Trinajstić information content (AvgIpc) is 3.37. The zero-order chi connectivity index (χ0) is 22.8. The van der Waals surface area contributed by atoms with Gasteiger partial charge in [-0.3, -0.25) is 14.4 Å². The van der Waals surface area contributed by atoms with Gasteiger partial charge in [0.1, 0.15) is 10.7 Å². The number of imide groups is 1. The van der Waals surface area contributed by atoms with E-state index in [-0.39, 0.29) is 22.7 Å². The van der Waals surface area contributed by atoms with Crippen molar-refractivity contribution < 1.29 is 14.4 Å². The summed E-state index contributed by atoms with van der Waals surface area (Å²) < 4.78 is 0. The third kappa shape index (κ3) is 4.41.